The second-order valence-corrected chi connectivity index (χ2v) is 5.72. The number of rotatable bonds is 4. The molecule has 5 nitrogen and oxygen atoms in total. The molecule has 1 unspecified atom stereocenters. The maximum absolute atomic E-state index is 12.4. The molecule has 1 heterocycles. The summed E-state index contributed by atoms with van der Waals surface area (Å²) in [6.45, 7) is 6.08. The maximum atomic E-state index is 12.4. The quantitative estimate of drug-likeness (QED) is 0.841. The predicted octanol–water partition coefficient (Wildman–Crippen LogP) is 1.90. The van der Waals surface area contributed by atoms with Gasteiger partial charge in [0.2, 0.25) is 0 Å². The van der Waals surface area contributed by atoms with Crippen molar-refractivity contribution < 1.29 is 9.21 Å². The second kappa shape index (κ2) is 5.69. The summed E-state index contributed by atoms with van der Waals surface area (Å²) in [6.07, 6.45) is 0. The van der Waals surface area contributed by atoms with E-state index in [0.29, 0.717) is 11.0 Å². The number of carbonyl (C=O) groups excluding carboxylic acids is 1. The minimum absolute atomic E-state index is 0.00553. The third-order valence-electron chi connectivity index (χ3n) is 3.98. The molecule has 112 valence electrons. The first kappa shape index (κ1) is 15.3. The molecule has 1 aromatic heterocycles. The number of fused-ring (bicyclic) bond motifs is 1. The zero-order chi connectivity index (χ0) is 15.6. The Bertz CT molecular complexity index is 721. The highest BCUT2D eigenvalue weighted by Crippen LogP contribution is 2.17. The lowest BCUT2D eigenvalue weighted by Crippen LogP contribution is -2.55. The van der Waals surface area contributed by atoms with Crippen molar-refractivity contribution in [3.8, 4) is 0 Å². The SMILES string of the molecule is CC(C)C(C)(CN)NC(=O)c1cc2ccccc2oc1=O. The van der Waals surface area contributed by atoms with Crippen LogP contribution in [0.5, 0.6) is 0 Å². The molecule has 1 amide bonds. The molecule has 1 atom stereocenters. The van der Waals surface area contributed by atoms with Crippen LogP contribution in [0.25, 0.3) is 11.0 Å². The van der Waals surface area contributed by atoms with Crippen LogP contribution in [-0.4, -0.2) is 18.0 Å². The Balaban J connectivity index is 2.40. The van der Waals surface area contributed by atoms with Gasteiger partial charge in [0.05, 0.1) is 5.54 Å². The fraction of sp³-hybridized carbons (Fsp3) is 0.375. The van der Waals surface area contributed by atoms with Gasteiger partial charge < -0.3 is 15.5 Å². The summed E-state index contributed by atoms with van der Waals surface area (Å²) in [5, 5.41) is 3.55. The van der Waals surface area contributed by atoms with E-state index in [9.17, 15) is 9.59 Å². The van der Waals surface area contributed by atoms with Gasteiger partial charge in [-0.25, -0.2) is 4.79 Å². The van der Waals surface area contributed by atoms with Crippen molar-refractivity contribution in [3.05, 3.63) is 46.3 Å². The van der Waals surface area contributed by atoms with Crippen LogP contribution in [0.1, 0.15) is 31.1 Å². The zero-order valence-corrected chi connectivity index (χ0v) is 12.5. The number of hydrogen-bond acceptors (Lipinski definition) is 4. The normalized spacial score (nSPS) is 14.1. The van der Waals surface area contributed by atoms with E-state index in [1.807, 2.05) is 26.8 Å². The molecule has 0 fully saturated rings. The van der Waals surface area contributed by atoms with E-state index >= 15 is 0 Å². The van der Waals surface area contributed by atoms with Gasteiger partial charge in [-0.1, -0.05) is 32.0 Å². The fourth-order valence-corrected chi connectivity index (χ4v) is 1.98. The first-order valence-corrected chi connectivity index (χ1v) is 6.93. The van der Waals surface area contributed by atoms with Crippen molar-refractivity contribution in [1.29, 1.82) is 0 Å². The van der Waals surface area contributed by atoms with Gasteiger partial charge in [-0.3, -0.25) is 4.79 Å². The molecule has 0 bridgehead atoms. The molecule has 3 N–H and O–H groups in total. The lowest BCUT2D eigenvalue weighted by molar-refractivity contribution is 0.0879. The van der Waals surface area contributed by atoms with E-state index in [-0.39, 0.29) is 18.0 Å². The lowest BCUT2D eigenvalue weighted by atomic mass is 9.88. The Kier molecular flexibility index (Phi) is 4.14. The number of nitrogens with two attached hydrogens (primary N) is 1. The molecule has 21 heavy (non-hydrogen) atoms. The molecule has 1 aromatic carbocycles. The van der Waals surface area contributed by atoms with Gasteiger partial charge in [-0.15, -0.1) is 0 Å². The summed E-state index contributed by atoms with van der Waals surface area (Å²) in [6, 6.07) is 8.63. The van der Waals surface area contributed by atoms with E-state index in [4.69, 9.17) is 10.2 Å². The summed E-state index contributed by atoms with van der Waals surface area (Å²) in [4.78, 5) is 24.3. The Morgan fingerprint density at radius 2 is 2.05 bits per heavy atom. The molecular weight excluding hydrogens is 268 g/mol. The van der Waals surface area contributed by atoms with Crippen LogP contribution in [0, 0.1) is 5.92 Å². The molecule has 5 heteroatoms. The van der Waals surface area contributed by atoms with Crippen molar-refractivity contribution in [2.75, 3.05) is 6.54 Å². The predicted molar refractivity (Wildman–Crippen MR) is 82.2 cm³/mol. The van der Waals surface area contributed by atoms with Crippen LogP contribution >= 0.6 is 0 Å². The van der Waals surface area contributed by atoms with Gasteiger partial charge in [-0.2, -0.15) is 0 Å². The average molecular weight is 288 g/mol. The number of nitrogens with one attached hydrogen (secondary N) is 1. The van der Waals surface area contributed by atoms with Crippen molar-refractivity contribution >= 4 is 16.9 Å². The topological polar surface area (TPSA) is 85.3 Å². The maximum Gasteiger partial charge on any atom is 0.349 e. The van der Waals surface area contributed by atoms with Gasteiger partial charge in [0.1, 0.15) is 11.1 Å². The van der Waals surface area contributed by atoms with E-state index in [2.05, 4.69) is 5.32 Å². The van der Waals surface area contributed by atoms with E-state index in [1.165, 1.54) is 0 Å². The average Bonchev–Trinajstić information content (AvgIpc) is 2.46. The van der Waals surface area contributed by atoms with Gasteiger partial charge >= 0.3 is 5.63 Å². The molecule has 0 spiro atoms. The first-order chi connectivity index (χ1) is 9.87. The van der Waals surface area contributed by atoms with Crippen LogP contribution in [0.15, 0.2) is 39.5 Å². The van der Waals surface area contributed by atoms with Crippen LogP contribution in [0.2, 0.25) is 0 Å². The lowest BCUT2D eigenvalue weighted by Gasteiger charge is -2.33. The highest BCUT2D eigenvalue weighted by Gasteiger charge is 2.30. The van der Waals surface area contributed by atoms with Gasteiger partial charge in [0.15, 0.2) is 0 Å². The molecule has 2 aromatic rings. The second-order valence-electron chi connectivity index (χ2n) is 5.72. The smallest absolute Gasteiger partial charge is 0.349 e. The third kappa shape index (κ3) is 2.97. The Morgan fingerprint density at radius 3 is 2.67 bits per heavy atom. The summed E-state index contributed by atoms with van der Waals surface area (Å²) >= 11 is 0. The summed E-state index contributed by atoms with van der Waals surface area (Å²) in [5.74, 6) is -0.324. The van der Waals surface area contributed by atoms with E-state index in [1.54, 1.807) is 24.3 Å². The van der Waals surface area contributed by atoms with Crippen LogP contribution < -0.4 is 16.7 Å². The van der Waals surface area contributed by atoms with Gasteiger partial charge in [0, 0.05) is 11.9 Å². The number of hydrogen-bond donors (Lipinski definition) is 2. The summed E-state index contributed by atoms with van der Waals surface area (Å²) < 4.78 is 5.17. The van der Waals surface area contributed by atoms with Crippen molar-refractivity contribution in [2.24, 2.45) is 11.7 Å². The first-order valence-electron chi connectivity index (χ1n) is 6.93. The highest BCUT2D eigenvalue weighted by atomic mass is 16.4. The Labute approximate surface area is 123 Å². The van der Waals surface area contributed by atoms with E-state index in [0.717, 1.165) is 0 Å². The number of amides is 1. The molecule has 2 rings (SSSR count). The molecule has 0 radical (unpaired) electrons. The number of carbonyl (C=O) groups is 1. The molecule has 0 aliphatic rings. The largest absolute Gasteiger partial charge is 0.422 e. The van der Waals surface area contributed by atoms with Crippen molar-refractivity contribution in [1.82, 2.24) is 5.32 Å². The molecule has 0 aliphatic carbocycles. The fourth-order valence-electron chi connectivity index (χ4n) is 1.98. The van der Waals surface area contributed by atoms with E-state index < -0.39 is 17.1 Å². The van der Waals surface area contributed by atoms with Crippen molar-refractivity contribution in [3.63, 3.8) is 0 Å². The minimum Gasteiger partial charge on any atom is -0.422 e. The standard InChI is InChI=1S/C16H20N2O3/c1-10(2)16(3,9-17)18-14(19)12-8-11-6-4-5-7-13(11)21-15(12)20/h4-8,10H,9,17H2,1-3H3,(H,18,19). The van der Waals surface area contributed by atoms with Crippen LogP contribution in [0.4, 0.5) is 0 Å². The number of benzene rings is 1. The third-order valence-corrected chi connectivity index (χ3v) is 3.98. The molecule has 0 aliphatic heterocycles. The summed E-state index contributed by atoms with van der Waals surface area (Å²) in [5.41, 5.74) is 4.99. The van der Waals surface area contributed by atoms with Crippen molar-refractivity contribution in [2.45, 2.75) is 26.3 Å². The molecule has 0 saturated carbocycles. The minimum atomic E-state index is -0.644. The Hall–Kier alpha value is -2.14. The molecule has 0 saturated heterocycles. The van der Waals surface area contributed by atoms with Crippen LogP contribution in [0.3, 0.4) is 0 Å². The monoisotopic (exact) mass is 288 g/mol. The number of para-hydroxylation sites is 1. The summed E-state index contributed by atoms with van der Waals surface area (Å²) in [7, 11) is 0. The van der Waals surface area contributed by atoms with Crippen LogP contribution in [-0.2, 0) is 0 Å². The van der Waals surface area contributed by atoms with Gasteiger partial charge in [-0.05, 0) is 25.0 Å². The molecular formula is C16H20N2O3. The van der Waals surface area contributed by atoms with Gasteiger partial charge in [0.25, 0.3) is 5.91 Å². The Morgan fingerprint density at radius 1 is 1.38 bits per heavy atom. The zero-order valence-electron chi connectivity index (χ0n) is 12.5. The highest BCUT2D eigenvalue weighted by molar-refractivity contribution is 5.97.